The van der Waals surface area contributed by atoms with Crippen molar-refractivity contribution in [1.29, 1.82) is 5.26 Å². The van der Waals surface area contributed by atoms with Crippen LogP contribution in [0, 0.1) is 18.3 Å². The van der Waals surface area contributed by atoms with Crippen LogP contribution in [0.2, 0.25) is 0 Å². The van der Waals surface area contributed by atoms with Crippen LogP contribution in [0.25, 0.3) is 10.9 Å². The van der Waals surface area contributed by atoms with Crippen LogP contribution in [0.3, 0.4) is 0 Å². The van der Waals surface area contributed by atoms with Crippen molar-refractivity contribution in [2.45, 2.75) is 33.2 Å². The molecule has 9 nitrogen and oxygen atoms in total. The quantitative estimate of drug-likeness (QED) is 0.606. The summed E-state index contributed by atoms with van der Waals surface area (Å²) >= 11 is 0. The van der Waals surface area contributed by atoms with Gasteiger partial charge in [-0.3, -0.25) is 9.36 Å². The minimum absolute atomic E-state index is 0.0587. The fourth-order valence-electron chi connectivity index (χ4n) is 2.75. The van der Waals surface area contributed by atoms with Crippen LogP contribution in [0.15, 0.2) is 29.3 Å². The van der Waals surface area contributed by atoms with Crippen LogP contribution in [0.4, 0.5) is 11.6 Å². The normalized spacial score (nSPS) is 10.2. The van der Waals surface area contributed by atoms with Gasteiger partial charge in [-0.25, -0.2) is 15.0 Å². The van der Waals surface area contributed by atoms with Crippen molar-refractivity contribution in [3.05, 3.63) is 51.8 Å². The molecular weight excluding hydrogens is 356 g/mol. The van der Waals surface area contributed by atoms with E-state index in [1.54, 1.807) is 10.6 Å². The largest absolute Gasteiger partial charge is 0.382 e. The van der Waals surface area contributed by atoms with E-state index in [2.05, 4.69) is 15.0 Å². The second-order valence-electron chi connectivity index (χ2n) is 6.08. The first-order valence-corrected chi connectivity index (χ1v) is 8.89. The number of nitrogen functional groups attached to an aromatic ring is 2. The SMILES string of the molecule is CCc1nc2cccc(C)c2c(=O)n1CCCN.N#Cc1c(N)ncnc1N. The lowest BCUT2D eigenvalue weighted by Gasteiger charge is -2.12. The molecule has 28 heavy (non-hydrogen) atoms. The van der Waals surface area contributed by atoms with Crippen molar-refractivity contribution in [3.8, 4) is 6.07 Å². The summed E-state index contributed by atoms with van der Waals surface area (Å²) in [7, 11) is 0. The molecule has 0 bridgehead atoms. The lowest BCUT2D eigenvalue weighted by atomic mass is 10.1. The van der Waals surface area contributed by atoms with E-state index in [9.17, 15) is 4.79 Å². The highest BCUT2D eigenvalue weighted by atomic mass is 16.1. The highest BCUT2D eigenvalue weighted by Gasteiger charge is 2.10. The van der Waals surface area contributed by atoms with Crippen LogP contribution in [0.5, 0.6) is 0 Å². The summed E-state index contributed by atoms with van der Waals surface area (Å²) in [6, 6.07) is 7.57. The summed E-state index contributed by atoms with van der Waals surface area (Å²) in [6.45, 7) is 5.20. The molecule has 0 radical (unpaired) electrons. The molecule has 9 heteroatoms. The average Bonchev–Trinajstić information content (AvgIpc) is 2.67. The summed E-state index contributed by atoms with van der Waals surface area (Å²) in [5.74, 6) is 1.08. The molecule has 0 aliphatic heterocycles. The molecule has 146 valence electrons. The number of aromatic nitrogens is 4. The van der Waals surface area contributed by atoms with Crippen molar-refractivity contribution in [1.82, 2.24) is 19.5 Å². The number of nitrogens with two attached hydrogens (primary N) is 3. The third-order valence-electron chi connectivity index (χ3n) is 4.19. The van der Waals surface area contributed by atoms with Crippen LogP contribution in [0.1, 0.15) is 30.3 Å². The van der Waals surface area contributed by atoms with Crippen molar-refractivity contribution >= 4 is 22.5 Å². The summed E-state index contributed by atoms with van der Waals surface area (Å²) in [5, 5.41) is 9.14. The summed E-state index contributed by atoms with van der Waals surface area (Å²) in [4.78, 5) is 24.3. The van der Waals surface area contributed by atoms with Gasteiger partial charge in [-0.05, 0) is 31.5 Å². The zero-order valence-corrected chi connectivity index (χ0v) is 16.0. The molecule has 2 heterocycles. The van der Waals surface area contributed by atoms with Gasteiger partial charge in [0.25, 0.3) is 5.56 Å². The van der Waals surface area contributed by atoms with E-state index < -0.39 is 0 Å². The minimum Gasteiger partial charge on any atom is -0.382 e. The van der Waals surface area contributed by atoms with Crippen LogP contribution >= 0.6 is 0 Å². The Balaban J connectivity index is 0.000000237. The Morgan fingerprint density at radius 1 is 1.21 bits per heavy atom. The summed E-state index contributed by atoms with van der Waals surface area (Å²) in [6.07, 6.45) is 2.77. The first kappa shape index (κ1) is 20.8. The van der Waals surface area contributed by atoms with E-state index in [0.29, 0.717) is 13.1 Å². The van der Waals surface area contributed by atoms with E-state index in [-0.39, 0.29) is 22.8 Å². The van der Waals surface area contributed by atoms with Crippen molar-refractivity contribution in [2.75, 3.05) is 18.0 Å². The van der Waals surface area contributed by atoms with Gasteiger partial charge >= 0.3 is 0 Å². The molecule has 0 atom stereocenters. The Labute approximate surface area is 162 Å². The van der Waals surface area contributed by atoms with Crippen molar-refractivity contribution in [3.63, 3.8) is 0 Å². The molecule has 3 aromatic rings. The first-order valence-electron chi connectivity index (χ1n) is 8.89. The fraction of sp³-hybridized carbons (Fsp3) is 0.316. The average molecular weight is 380 g/mol. The van der Waals surface area contributed by atoms with Gasteiger partial charge in [0, 0.05) is 13.0 Å². The van der Waals surface area contributed by atoms with Gasteiger partial charge in [-0.1, -0.05) is 19.1 Å². The van der Waals surface area contributed by atoms with E-state index in [1.807, 2.05) is 32.0 Å². The third kappa shape index (κ3) is 4.42. The number of fused-ring (bicyclic) bond motifs is 1. The smallest absolute Gasteiger partial charge is 0.261 e. The Hall–Kier alpha value is -3.51. The van der Waals surface area contributed by atoms with E-state index in [1.165, 1.54) is 6.33 Å². The predicted octanol–water partition coefficient (Wildman–Crippen LogP) is 1.13. The number of anilines is 2. The fourth-order valence-corrected chi connectivity index (χ4v) is 2.75. The Bertz CT molecular complexity index is 1050. The Morgan fingerprint density at radius 2 is 1.89 bits per heavy atom. The number of nitriles is 1. The topological polar surface area (TPSA) is 163 Å². The highest BCUT2D eigenvalue weighted by molar-refractivity contribution is 5.81. The number of nitrogens with zero attached hydrogens (tertiary/aromatic N) is 5. The van der Waals surface area contributed by atoms with Gasteiger partial charge in [0.1, 0.15) is 35.4 Å². The predicted molar refractivity (Wildman–Crippen MR) is 109 cm³/mol. The number of benzene rings is 1. The maximum Gasteiger partial charge on any atom is 0.261 e. The molecular formula is C19H24N8O. The van der Waals surface area contributed by atoms with Crippen molar-refractivity contribution < 1.29 is 0 Å². The van der Waals surface area contributed by atoms with Gasteiger partial charge in [0.2, 0.25) is 0 Å². The minimum atomic E-state index is 0.0587. The first-order chi connectivity index (χ1) is 13.4. The second kappa shape index (κ2) is 9.43. The lowest BCUT2D eigenvalue weighted by Crippen LogP contribution is -2.26. The standard InChI is InChI=1S/C14H19N3O.C5H5N5/c1-3-12-16-11-7-4-6-10(2)13(11)14(18)17(12)9-5-8-15;6-1-3-4(7)9-2-10-5(3)8/h4,6-7H,3,5,8-9,15H2,1-2H3;2H,(H4,7,8,9,10). The second-order valence-corrected chi connectivity index (χ2v) is 6.08. The molecule has 0 amide bonds. The van der Waals surface area contributed by atoms with Gasteiger partial charge in [0.05, 0.1) is 10.9 Å². The summed E-state index contributed by atoms with van der Waals surface area (Å²) < 4.78 is 1.77. The zero-order valence-electron chi connectivity index (χ0n) is 16.0. The zero-order chi connectivity index (χ0) is 20.7. The number of hydrogen-bond acceptors (Lipinski definition) is 8. The number of rotatable bonds is 4. The number of hydrogen-bond donors (Lipinski definition) is 3. The summed E-state index contributed by atoms with van der Waals surface area (Å²) in [5.41, 5.74) is 18.1. The molecule has 3 rings (SSSR count). The molecule has 0 saturated heterocycles. The molecule has 0 unspecified atom stereocenters. The molecule has 0 fully saturated rings. The molecule has 0 aliphatic rings. The van der Waals surface area contributed by atoms with Crippen LogP contribution in [-0.2, 0) is 13.0 Å². The van der Waals surface area contributed by atoms with E-state index in [4.69, 9.17) is 22.5 Å². The van der Waals surface area contributed by atoms with Gasteiger partial charge < -0.3 is 17.2 Å². The monoisotopic (exact) mass is 380 g/mol. The molecule has 2 aromatic heterocycles. The molecule has 0 aliphatic carbocycles. The lowest BCUT2D eigenvalue weighted by molar-refractivity contribution is 0.592. The highest BCUT2D eigenvalue weighted by Crippen LogP contribution is 2.13. The van der Waals surface area contributed by atoms with E-state index >= 15 is 0 Å². The Kier molecular flexibility index (Phi) is 7.01. The maximum atomic E-state index is 12.5. The van der Waals surface area contributed by atoms with Gasteiger partial charge in [-0.15, -0.1) is 0 Å². The number of aryl methyl sites for hydroxylation is 2. The van der Waals surface area contributed by atoms with Crippen LogP contribution < -0.4 is 22.8 Å². The molecule has 1 aromatic carbocycles. The van der Waals surface area contributed by atoms with Crippen molar-refractivity contribution in [2.24, 2.45) is 5.73 Å². The maximum absolute atomic E-state index is 12.5. The molecule has 0 spiro atoms. The Morgan fingerprint density at radius 3 is 2.43 bits per heavy atom. The van der Waals surface area contributed by atoms with Gasteiger partial charge in [0.15, 0.2) is 0 Å². The molecule has 6 N–H and O–H groups in total. The third-order valence-corrected chi connectivity index (χ3v) is 4.19. The van der Waals surface area contributed by atoms with Crippen LogP contribution in [-0.4, -0.2) is 26.1 Å². The van der Waals surface area contributed by atoms with E-state index in [0.717, 1.165) is 35.1 Å². The van der Waals surface area contributed by atoms with Gasteiger partial charge in [-0.2, -0.15) is 5.26 Å². The molecule has 0 saturated carbocycles.